The van der Waals surface area contributed by atoms with E-state index in [0.29, 0.717) is 12.3 Å². The Morgan fingerprint density at radius 3 is 2.60 bits per heavy atom. The number of hydrogen-bond acceptors (Lipinski definition) is 2. The third-order valence-electron chi connectivity index (χ3n) is 3.47. The van der Waals surface area contributed by atoms with Crippen LogP contribution < -0.4 is 5.32 Å². The summed E-state index contributed by atoms with van der Waals surface area (Å²) in [6.07, 6.45) is 2.93. The van der Waals surface area contributed by atoms with Gasteiger partial charge in [-0.25, -0.2) is 0 Å². The van der Waals surface area contributed by atoms with Crippen LogP contribution in [0.15, 0.2) is 24.3 Å². The number of anilines is 1. The molecule has 1 aromatic carbocycles. The molecule has 0 atom stereocenters. The van der Waals surface area contributed by atoms with Crippen molar-refractivity contribution >= 4 is 11.6 Å². The van der Waals surface area contributed by atoms with Gasteiger partial charge in [0.05, 0.1) is 0 Å². The number of para-hydroxylation sites is 1. The number of carbonyl (C=O) groups is 1. The van der Waals surface area contributed by atoms with Gasteiger partial charge in [0, 0.05) is 18.7 Å². The van der Waals surface area contributed by atoms with E-state index in [9.17, 15) is 4.79 Å². The molecule has 20 heavy (non-hydrogen) atoms. The maximum atomic E-state index is 12.0. The zero-order valence-electron chi connectivity index (χ0n) is 13.3. The van der Waals surface area contributed by atoms with E-state index in [2.05, 4.69) is 44.1 Å². The van der Waals surface area contributed by atoms with E-state index in [1.165, 1.54) is 18.4 Å². The number of benzene rings is 1. The molecule has 0 aliphatic rings. The highest BCUT2D eigenvalue weighted by molar-refractivity contribution is 5.91. The number of amides is 1. The standard InChI is InChI=1S/C17H28N2O/c1-5-6-12-19(4)13-11-17(20)18-16-10-8-7-9-15(16)14(2)3/h7-10,14H,5-6,11-13H2,1-4H3,(H,18,20). The van der Waals surface area contributed by atoms with Crippen LogP contribution in [0, 0.1) is 0 Å². The van der Waals surface area contributed by atoms with E-state index in [4.69, 9.17) is 0 Å². The lowest BCUT2D eigenvalue weighted by atomic mass is 10.0. The minimum absolute atomic E-state index is 0.0986. The van der Waals surface area contributed by atoms with Gasteiger partial charge >= 0.3 is 0 Å². The second kappa shape index (κ2) is 8.75. The first-order valence-electron chi connectivity index (χ1n) is 7.62. The predicted molar refractivity (Wildman–Crippen MR) is 86.2 cm³/mol. The number of carbonyl (C=O) groups excluding carboxylic acids is 1. The van der Waals surface area contributed by atoms with Gasteiger partial charge < -0.3 is 10.2 Å². The molecule has 0 aliphatic heterocycles. The maximum absolute atomic E-state index is 12.0. The summed E-state index contributed by atoms with van der Waals surface area (Å²) in [5.74, 6) is 0.514. The van der Waals surface area contributed by atoms with Gasteiger partial charge in [-0.1, -0.05) is 45.4 Å². The van der Waals surface area contributed by atoms with Crippen LogP contribution in [-0.2, 0) is 4.79 Å². The summed E-state index contributed by atoms with van der Waals surface area (Å²) in [4.78, 5) is 14.2. The number of nitrogens with zero attached hydrogens (tertiary/aromatic N) is 1. The van der Waals surface area contributed by atoms with E-state index < -0.39 is 0 Å². The van der Waals surface area contributed by atoms with Crippen molar-refractivity contribution in [3.8, 4) is 0 Å². The summed E-state index contributed by atoms with van der Waals surface area (Å²) in [5.41, 5.74) is 2.14. The number of hydrogen-bond donors (Lipinski definition) is 1. The molecule has 1 rings (SSSR count). The normalized spacial score (nSPS) is 11.1. The molecule has 1 amide bonds. The molecule has 0 aromatic heterocycles. The van der Waals surface area contributed by atoms with Gasteiger partial charge in [0.15, 0.2) is 0 Å². The van der Waals surface area contributed by atoms with Crippen LogP contribution in [0.2, 0.25) is 0 Å². The zero-order valence-corrected chi connectivity index (χ0v) is 13.3. The van der Waals surface area contributed by atoms with Crippen molar-refractivity contribution in [3.63, 3.8) is 0 Å². The summed E-state index contributed by atoms with van der Waals surface area (Å²) < 4.78 is 0. The van der Waals surface area contributed by atoms with Gasteiger partial charge in [-0.05, 0) is 37.6 Å². The summed E-state index contributed by atoms with van der Waals surface area (Å²) >= 11 is 0. The Morgan fingerprint density at radius 2 is 1.95 bits per heavy atom. The highest BCUT2D eigenvalue weighted by Crippen LogP contribution is 2.23. The molecule has 112 valence electrons. The zero-order chi connectivity index (χ0) is 15.0. The molecular formula is C17H28N2O. The van der Waals surface area contributed by atoms with Crippen LogP contribution in [0.3, 0.4) is 0 Å². The van der Waals surface area contributed by atoms with Gasteiger partial charge in [0.2, 0.25) is 5.91 Å². The van der Waals surface area contributed by atoms with Crippen molar-refractivity contribution in [2.45, 2.75) is 46.0 Å². The van der Waals surface area contributed by atoms with Crippen molar-refractivity contribution in [2.75, 3.05) is 25.5 Å². The van der Waals surface area contributed by atoms with Gasteiger partial charge in [-0.15, -0.1) is 0 Å². The van der Waals surface area contributed by atoms with Crippen molar-refractivity contribution < 1.29 is 4.79 Å². The average Bonchev–Trinajstić information content (AvgIpc) is 2.43. The van der Waals surface area contributed by atoms with E-state index in [0.717, 1.165) is 18.8 Å². The Hall–Kier alpha value is -1.35. The highest BCUT2D eigenvalue weighted by atomic mass is 16.1. The fourth-order valence-corrected chi connectivity index (χ4v) is 2.16. The number of rotatable bonds is 8. The van der Waals surface area contributed by atoms with E-state index in [1.807, 2.05) is 18.2 Å². The van der Waals surface area contributed by atoms with Crippen LogP contribution in [0.25, 0.3) is 0 Å². The van der Waals surface area contributed by atoms with Crippen molar-refractivity contribution in [3.05, 3.63) is 29.8 Å². The van der Waals surface area contributed by atoms with E-state index in [-0.39, 0.29) is 5.91 Å². The molecule has 1 N–H and O–H groups in total. The molecule has 0 heterocycles. The Bertz CT molecular complexity index is 415. The van der Waals surface area contributed by atoms with Gasteiger partial charge in [0.25, 0.3) is 0 Å². The van der Waals surface area contributed by atoms with Crippen molar-refractivity contribution in [1.82, 2.24) is 4.90 Å². The molecule has 0 unspecified atom stereocenters. The number of nitrogens with one attached hydrogen (secondary N) is 1. The van der Waals surface area contributed by atoms with E-state index in [1.54, 1.807) is 0 Å². The van der Waals surface area contributed by atoms with Crippen LogP contribution in [0.5, 0.6) is 0 Å². The third kappa shape index (κ3) is 5.74. The molecule has 1 aromatic rings. The minimum atomic E-state index is 0.0986. The quantitative estimate of drug-likeness (QED) is 0.781. The Labute approximate surface area is 123 Å². The Kier molecular flexibility index (Phi) is 7.31. The van der Waals surface area contributed by atoms with Crippen molar-refractivity contribution in [2.24, 2.45) is 0 Å². The minimum Gasteiger partial charge on any atom is -0.326 e. The lowest BCUT2D eigenvalue weighted by Crippen LogP contribution is -2.25. The first kappa shape index (κ1) is 16.7. The first-order valence-corrected chi connectivity index (χ1v) is 7.62. The lowest BCUT2D eigenvalue weighted by Gasteiger charge is -2.17. The van der Waals surface area contributed by atoms with Crippen LogP contribution in [-0.4, -0.2) is 30.9 Å². The summed E-state index contributed by atoms with van der Waals surface area (Å²) in [7, 11) is 2.07. The first-order chi connectivity index (χ1) is 9.54. The van der Waals surface area contributed by atoms with Crippen molar-refractivity contribution in [1.29, 1.82) is 0 Å². The monoisotopic (exact) mass is 276 g/mol. The van der Waals surface area contributed by atoms with E-state index >= 15 is 0 Å². The fourth-order valence-electron chi connectivity index (χ4n) is 2.16. The molecule has 3 nitrogen and oxygen atoms in total. The van der Waals surface area contributed by atoms with Gasteiger partial charge in [-0.3, -0.25) is 4.79 Å². The second-order valence-electron chi connectivity index (χ2n) is 5.70. The molecule has 0 bridgehead atoms. The van der Waals surface area contributed by atoms with Crippen LogP contribution in [0.4, 0.5) is 5.69 Å². The lowest BCUT2D eigenvalue weighted by molar-refractivity contribution is -0.116. The van der Waals surface area contributed by atoms with Gasteiger partial charge in [-0.2, -0.15) is 0 Å². The Morgan fingerprint density at radius 1 is 1.25 bits per heavy atom. The maximum Gasteiger partial charge on any atom is 0.225 e. The summed E-state index contributed by atoms with van der Waals surface area (Å²) in [6, 6.07) is 8.04. The average molecular weight is 276 g/mol. The summed E-state index contributed by atoms with van der Waals surface area (Å²) in [6.45, 7) is 8.35. The molecular weight excluding hydrogens is 248 g/mol. The summed E-state index contributed by atoms with van der Waals surface area (Å²) in [5, 5.41) is 3.04. The van der Waals surface area contributed by atoms with Gasteiger partial charge in [0.1, 0.15) is 0 Å². The van der Waals surface area contributed by atoms with Crippen LogP contribution in [0.1, 0.15) is 51.5 Å². The van der Waals surface area contributed by atoms with Crippen LogP contribution >= 0.6 is 0 Å². The highest BCUT2D eigenvalue weighted by Gasteiger charge is 2.09. The molecule has 3 heteroatoms. The second-order valence-corrected chi connectivity index (χ2v) is 5.70. The molecule has 0 radical (unpaired) electrons. The smallest absolute Gasteiger partial charge is 0.225 e. The Balaban J connectivity index is 2.46. The third-order valence-corrected chi connectivity index (χ3v) is 3.47. The molecule has 0 saturated heterocycles. The topological polar surface area (TPSA) is 32.3 Å². The molecule has 0 spiro atoms. The predicted octanol–water partition coefficient (Wildman–Crippen LogP) is 3.87. The molecule has 0 fully saturated rings. The largest absolute Gasteiger partial charge is 0.326 e. The SMILES string of the molecule is CCCCN(C)CCC(=O)Nc1ccccc1C(C)C. The molecule has 0 saturated carbocycles. The number of unbranched alkanes of at least 4 members (excludes halogenated alkanes) is 1. The fraction of sp³-hybridized carbons (Fsp3) is 0.588. The molecule has 0 aliphatic carbocycles.